The Morgan fingerprint density at radius 1 is 0.600 bits per heavy atom. The van der Waals surface area contributed by atoms with Crippen LogP contribution in [0.1, 0.15) is 27.7 Å². The average molecular weight is 270 g/mol. The Kier molecular flexibility index (Phi) is 4.89. The number of hydrogen-bond donors (Lipinski definition) is 0. The maximum absolute atomic E-state index is 2.39. The number of nitrogens with zero attached hydrogens (tertiary/aromatic N) is 2. The highest BCUT2D eigenvalue weighted by molar-refractivity contribution is 5.88. The normalized spacial score (nSPS) is 10.8. The smallest absolute Gasteiger partial charge is 0.0372 e. The van der Waals surface area contributed by atoms with Crippen LogP contribution in [0.2, 0.25) is 0 Å². The Balaban J connectivity index is 2.39. The van der Waals surface area contributed by atoms with E-state index in [1.54, 1.807) is 0 Å². The van der Waals surface area contributed by atoms with Crippen LogP contribution in [0.4, 0.5) is 11.4 Å². The van der Waals surface area contributed by atoms with Gasteiger partial charge in [-0.25, -0.2) is 0 Å². The first kappa shape index (κ1) is 14.7. The fourth-order valence-corrected chi connectivity index (χ4v) is 2.79. The molecule has 20 heavy (non-hydrogen) atoms. The number of fused-ring (bicyclic) bond motifs is 1. The van der Waals surface area contributed by atoms with Gasteiger partial charge in [0.25, 0.3) is 0 Å². The van der Waals surface area contributed by atoms with Crippen LogP contribution in [-0.2, 0) is 0 Å². The molecule has 0 spiro atoms. The van der Waals surface area contributed by atoms with Gasteiger partial charge in [0.15, 0.2) is 0 Å². The highest BCUT2D eigenvalue weighted by Gasteiger charge is 2.05. The van der Waals surface area contributed by atoms with Crippen molar-refractivity contribution in [3.8, 4) is 0 Å². The van der Waals surface area contributed by atoms with Gasteiger partial charge in [-0.2, -0.15) is 0 Å². The molecular weight excluding hydrogens is 244 g/mol. The SMILES string of the molecule is CCN(CC)c1ccc2cc(N(CC)CC)ccc2c1. The second kappa shape index (κ2) is 6.65. The first-order chi connectivity index (χ1) is 9.73. The van der Waals surface area contributed by atoms with Crippen LogP contribution >= 0.6 is 0 Å². The van der Waals surface area contributed by atoms with E-state index in [9.17, 15) is 0 Å². The second-order valence-corrected chi connectivity index (χ2v) is 5.06. The molecule has 0 unspecified atom stereocenters. The fourth-order valence-electron chi connectivity index (χ4n) is 2.79. The lowest BCUT2D eigenvalue weighted by molar-refractivity contribution is 0.866. The Labute approximate surface area is 123 Å². The monoisotopic (exact) mass is 270 g/mol. The predicted molar refractivity (Wildman–Crippen MR) is 91.1 cm³/mol. The Morgan fingerprint density at radius 3 is 1.25 bits per heavy atom. The molecule has 0 aliphatic rings. The molecule has 0 saturated heterocycles. The van der Waals surface area contributed by atoms with E-state index in [1.165, 1.54) is 22.1 Å². The van der Waals surface area contributed by atoms with Crippen LogP contribution in [0.25, 0.3) is 10.8 Å². The lowest BCUT2D eigenvalue weighted by Crippen LogP contribution is -2.22. The van der Waals surface area contributed by atoms with Crippen molar-refractivity contribution in [2.75, 3.05) is 36.0 Å². The Bertz CT molecular complexity index is 503. The minimum atomic E-state index is 1.06. The zero-order chi connectivity index (χ0) is 14.5. The van der Waals surface area contributed by atoms with Gasteiger partial charge in [0.05, 0.1) is 0 Å². The number of anilines is 2. The van der Waals surface area contributed by atoms with Gasteiger partial charge in [-0.05, 0) is 62.7 Å². The molecule has 0 fully saturated rings. The van der Waals surface area contributed by atoms with Crippen molar-refractivity contribution in [3.05, 3.63) is 36.4 Å². The summed E-state index contributed by atoms with van der Waals surface area (Å²) in [5.74, 6) is 0. The standard InChI is InChI=1S/C18H26N2/c1-5-19(6-2)17-11-9-16-14-18(20(7-3)8-4)12-10-15(16)13-17/h9-14H,5-8H2,1-4H3. The summed E-state index contributed by atoms with van der Waals surface area (Å²) in [6.45, 7) is 13.0. The van der Waals surface area contributed by atoms with Crippen molar-refractivity contribution >= 4 is 22.1 Å². The molecule has 108 valence electrons. The molecule has 0 bridgehead atoms. The van der Waals surface area contributed by atoms with Crippen LogP contribution in [0, 0.1) is 0 Å². The van der Waals surface area contributed by atoms with E-state index in [2.05, 4.69) is 73.9 Å². The summed E-state index contributed by atoms with van der Waals surface area (Å²) in [6, 6.07) is 13.6. The quantitative estimate of drug-likeness (QED) is 0.761. The fraction of sp³-hybridized carbons (Fsp3) is 0.444. The molecule has 0 aliphatic heterocycles. The molecule has 0 heterocycles. The predicted octanol–water partition coefficient (Wildman–Crippen LogP) is 4.53. The average Bonchev–Trinajstić information content (AvgIpc) is 2.49. The summed E-state index contributed by atoms with van der Waals surface area (Å²) < 4.78 is 0. The Hall–Kier alpha value is -1.70. The minimum absolute atomic E-state index is 1.06. The van der Waals surface area contributed by atoms with Crippen molar-refractivity contribution in [2.24, 2.45) is 0 Å². The summed E-state index contributed by atoms with van der Waals surface area (Å²) in [6.07, 6.45) is 0. The maximum atomic E-state index is 2.39. The van der Waals surface area contributed by atoms with Gasteiger partial charge >= 0.3 is 0 Å². The molecule has 2 heteroatoms. The lowest BCUT2D eigenvalue weighted by Gasteiger charge is -2.23. The third-order valence-corrected chi connectivity index (χ3v) is 4.06. The van der Waals surface area contributed by atoms with Gasteiger partial charge in [-0.3, -0.25) is 0 Å². The summed E-state index contributed by atoms with van der Waals surface area (Å²) in [7, 11) is 0. The molecule has 0 amide bonds. The molecule has 0 N–H and O–H groups in total. The van der Waals surface area contributed by atoms with Crippen LogP contribution in [0.3, 0.4) is 0 Å². The summed E-state index contributed by atoms with van der Waals surface area (Å²) in [4.78, 5) is 4.77. The molecule has 0 aromatic heterocycles. The highest BCUT2D eigenvalue weighted by Crippen LogP contribution is 2.26. The van der Waals surface area contributed by atoms with Crippen molar-refractivity contribution in [1.82, 2.24) is 0 Å². The number of hydrogen-bond acceptors (Lipinski definition) is 2. The molecule has 2 rings (SSSR count). The van der Waals surface area contributed by atoms with E-state index in [-0.39, 0.29) is 0 Å². The van der Waals surface area contributed by atoms with E-state index in [1.807, 2.05) is 0 Å². The number of benzene rings is 2. The summed E-state index contributed by atoms with van der Waals surface area (Å²) >= 11 is 0. The lowest BCUT2D eigenvalue weighted by atomic mass is 10.1. The minimum Gasteiger partial charge on any atom is -0.372 e. The van der Waals surface area contributed by atoms with E-state index in [4.69, 9.17) is 0 Å². The summed E-state index contributed by atoms with van der Waals surface area (Å²) in [5.41, 5.74) is 2.64. The van der Waals surface area contributed by atoms with Crippen molar-refractivity contribution in [1.29, 1.82) is 0 Å². The highest BCUT2D eigenvalue weighted by atomic mass is 15.1. The maximum Gasteiger partial charge on any atom is 0.0372 e. The Morgan fingerprint density at radius 2 is 0.950 bits per heavy atom. The largest absolute Gasteiger partial charge is 0.372 e. The topological polar surface area (TPSA) is 6.48 Å². The van der Waals surface area contributed by atoms with Gasteiger partial charge in [-0.1, -0.05) is 12.1 Å². The van der Waals surface area contributed by atoms with Gasteiger partial charge < -0.3 is 9.80 Å². The van der Waals surface area contributed by atoms with E-state index >= 15 is 0 Å². The third-order valence-electron chi connectivity index (χ3n) is 4.06. The van der Waals surface area contributed by atoms with Crippen LogP contribution in [0.15, 0.2) is 36.4 Å². The number of rotatable bonds is 6. The van der Waals surface area contributed by atoms with Crippen LogP contribution in [-0.4, -0.2) is 26.2 Å². The van der Waals surface area contributed by atoms with Crippen LogP contribution < -0.4 is 9.80 Å². The van der Waals surface area contributed by atoms with E-state index in [0.717, 1.165) is 26.2 Å². The molecular formula is C18H26N2. The van der Waals surface area contributed by atoms with Gasteiger partial charge in [0, 0.05) is 37.6 Å². The van der Waals surface area contributed by atoms with Crippen molar-refractivity contribution in [3.63, 3.8) is 0 Å². The molecule has 2 aromatic rings. The van der Waals surface area contributed by atoms with Gasteiger partial charge in [0.1, 0.15) is 0 Å². The van der Waals surface area contributed by atoms with Crippen molar-refractivity contribution in [2.45, 2.75) is 27.7 Å². The third kappa shape index (κ3) is 2.90. The molecule has 0 aliphatic carbocycles. The van der Waals surface area contributed by atoms with Gasteiger partial charge in [0.2, 0.25) is 0 Å². The zero-order valence-electron chi connectivity index (χ0n) is 13.2. The molecule has 0 radical (unpaired) electrons. The zero-order valence-corrected chi connectivity index (χ0v) is 13.2. The van der Waals surface area contributed by atoms with Crippen LogP contribution in [0.5, 0.6) is 0 Å². The first-order valence-corrected chi connectivity index (χ1v) is 7.77. The molecule has 2 nitrogen and oxygen atoms in total. The molecule has 2 aromatic carbocycles. The van der Waals surface area contributed by atoms with E-state index in [0.29, 0.717) is 0 Å². The molecule has 0 atom stereocenters. The van der Waals surface area contributed by atoms with Crippen molar-refractivity contribution < 1.29 is 0 Å². The molecule has 0 saturated carbocycles. The van der Waals surface area contributed by atoms with Gasteiger partial charge in [-0.15, -0.1) is 0 Å². The second-order valence-electron chi connectivity index (χ2n) is 5.06. The van der Waals surface area contributed by atoms with E-state index < -0.39 is 0 Å². The summed E-state index contributed by atoms with van der Waals surface area (Å²) in [5, 5.41) is 2.65. The first-order valence-electron chi connectivity index (χ1n) is 7.77.